The van der Waals surface area contributed by atoms with Crippen molar-refractivity contribution in [2.45, 2.75) is 51.7 Å². The third-order valence-corrected chi connectivity index (χ3v) is 6.02. The standard InChI is InChI=1S/C18H35N5O5S/c1-18(2,3)28-17(24)23-10-8-22(9-11-23)16(19)20-7-13-29(25,26)21-14-15-6-4-5-12-27-15/h15,21H,4-14H2,1-3H3,(H2,19,20). The summed E-state index contributed by atoms with van der Waals surface area (Å²) >= 11 is 0. The highest BCUT2D eigenvalue weighted by atomic mass is 32.2. The van der Waals surface area contributed by atoms with Crippen LogP contribution >= 0.6 is 0 Å². The zero-order chi connectivity index (χ0) is 21.5. The molecular formula is C18H35N5O5S. The van der Waals surface area contributed by atoms with E-state index < -0.39 is 15.6 Å². The summed E-state index contributed by atoms with van der Waals surface area (Å²) in [6, 6.07) is 0. The van der Waals surface area contributed by atoms with Crippen molar-refractivity contribution in [1.82, 2.24) is 14.5 Å². The molecule has 1 atom stereocenters. The van der Waals surface area contributed by atoms with Gasteiger partial charge in [-0.15, -0.1) is 0 Å². The zero-order valence-corrected chi connectivity index (χ0v) is 18.5. The fraction of sp³-hybridized carbons (Fsp3) is 0.889. The van der Waals surface area contributed by atoms with Gasteiger partial charge in [-0.3, -0.25) is 4.99 Å². The minimum absolute atomic E-state index is 0.0478. The third kappa shape index (κ3) is 8.75. The molecule has 0 aromatic rings. The molecule has 2 rings (SSSR count). The Bertz CT molecular complexity index is 663. The van der Waals surface area contributed by atoms with E-state index in [4.69, 9.17) is 15.2 Å². The third-order valence-electron chi connectivity index (χ3n) is 4.69. The van der Waals surface area contributed by atoms with Gasteiger partial charge in [0.25, 0.3) is 0 Å². The first kappa shape index (κ1) is 23.7. The Balaban J connectivity index is 1.71. The van der Waals surface area contributed by atoms with Crippen molar-refractivity contribution in [3.8, 4) is 0 Å². The molecule has 3 N–H and O–H groups in total. The Morgan fingerprint density at radius 1 is 1.21 bits per heavy atom. The van der Waals surface area contributed by atoms with Crippen molar-refractivity contribution in [2.75, 3.05) is 51.6 Å². The van der Waals surface area contributed by atoms with E-state index in [0.717, 1.165) is 19.3 Å². The monoisotopic (exact) mass is 433 g/mol. The Hall–Kier alpha value is -1.59. The molecule has 2 aliphatic rings. The van der Waals surface area contributed by atoms with Gasteiger partial charge in [0.1, 0.15) is 5.60 Å². The summed E-state index contributed by atoms with van der Waals surface area (Å²) in [7, 11) is -3.43. The second-order valence-corrected chi connectivity index (χ2v) is 10.3. The molecule has 0 radical (unpaired) electrons. The summed E-state index contributed by atoms with van der Waals surface area (Å²) in [5.41, 5.74) is 5.47. The average Bonchev–Trinajstić information content (AvgIpc) is 2.66. The van der Waals surface area contributed by atoms with Crippen LogP contribution in [0.5, 0.6) is 0 Å². The highest BCUT2D eigenvalue weighted by molar-refractivity contribution is 7.89. The molecule has 0 saturated carbocycles. The molecule has 29 heavy (non-hydrogen) atoms. The Kier molecular flexibility index (Phi) is 8.53. The Morgan fingerprint density at radius 2 is 1.86 bits per heavy atom. The maximum atomic E-state index is 12.1. The van der Waals surface area contributed by atoms with Crippen LogP contribution in [-0.4, -0.2) is 93.6 Å². The van der Waals surface area contributed by atoms with Crippen LogP contribution in [0.15, 0.2) is 4.99 Å². The van der Waals surface area contributed by atoms with Gasteiger partial charge in [0, 0.05) is 39.3 Å². The van der Waals surface area contributed by atoms with Gasteiger partial charge >= 0.3 is 6.09 Å². The highest BCUT2D eigenvalue weighted by Crippen LogP contribution is 2.13. The first-order chi connectivity index (χ1) is 13.6. The van der Waals surface area contributed by atoms with Crippen LogP contribution in [0.2, 0.25) is 0 Å². The maximum absolute atomic E-state index is 12.1. The first-order valence-corrected chi connectivity index (χ1v) is 11.8. The molecule has 2 aliphatic heterocycles. The number of aliphatic imine (C=N–C) groups is 1. The number of hydrogen-bond acceptors (Lipinski definition) is 6. The van der Waals surface area contributed by atoms with Crippen molar-refractivity contribution in [1.29, 1.82) is 0 Å². The minimum Gasteiger partial charge on any atom is -0.444 e. The van der Waals surface area contributed by atoms with Crippen molar-refractivity contribution in [3.63, 3.8) is 0 Å². The number of sulfonamides is 1. The van der Waals surface area contributed by atoms with Crippen LogP contribution in [0.4, 0.5) is 4.79 Å². The van der Waals surface area contributed by atoms with Gasteiger partial charge in [-0.25, -0.2) is 17.9 Å². The fourth-order valence-corrected chi connectivity index (χ4v) is 4.00. The molecule has 2 saturated heterocycles. The summed E-state index contributed by atoms with van der Waals surface area (Å²) in [6.07, 6.45) is 2.58. The van der Waals surface area contributed by atoms with Crippen LogP contribution in [-0.2, 0) is 19.5 Å². The van der Waals surface area contributed by atoms with E-state index in [9.17, 15) is 13.2 Å². The predicted molar refractivity (Wildman–Crippen MR) is 111 cm³/mol. The summed E-state index contributed by atoms with van der Waals surface area (Å²) in [5, 5.41) is 0. The molecule has 0 spiro atoms. The van der Waals surface area contributed by atoms with Crippen LogP contribution in [0.25, 0.3) is 0 Å². The van der Waals surface area contributed by atoms with Crippen LogP contribution in [0, 0.1) is 0 Å². The van der Waals surface area contributed by atoms with E-state index in [1.54, 1.807) is 4.90 Å². The Morgan fingerprint density at radius 3 is 2.45 bits per heavy atom. The van der Waals surface area contributed by atoms with Crippen molar-refractivity contribution in [2.24, 2.45) is 10.7 Å². The largest absolute Gasteiger partial charge is 0.444 e. The molecule has 1 unspecified atom stereocenters. The molecule has 10 nitrogen and oxygen atoms in total. The SMILES string of the molecule is CC(C)(C)OC(=O)N1CCN(C(N)=NCCS(=O)(=O)NCC2CCCCO2)CC1. The zero-order valence-electron chi connectivity index (χ0n) is 17.7. The lowest BCUT2D eigenvalue weighted by Crippen LogP contribution is -2.53. The van der Waals surface area contributed by atoms with E-state index in [0.29, 0.717) is 45.3 Å². The van der Waals surface area contributed by atoms with Gasteiger partial charge in [-0.2, -0.15) is 0 Å². The molecule has 1 amide bonds. The van der Waals surface area contributed by atoms with E-state index in [1.807, 2.05) is 25.7 Å². The summed E-state index contributed by atoms with van der Waals surface area (Å²) < 4.78 is 37.7. The van der Waals surface area contributed by atoms with Gasteiger partial charge in [0.05, 0.1) is 18.4 Å². The predicted octanol–water partition coefficient (Wildman–Crippen LogP) is 0.342. The van der Waals surface area contributed by atoms with Crippen molar-refractivity contribution in [3.05, 3.63) is 0 Å². The fourth-order valence-electron chi connectivity index (χ4n) is 3.09. The number of nitrogens with zero attached hydrogens (tertiary/aromatic N) is 3. The quantitative estimate of drug-likeness (QED) is 0.457. The highest BCUT2D eigenvalue weighted by Gasteiger charge is 2.26. The second kappa shape index (κ2) is 10.4. The molecule has 0 aromatic carbocycles. The van der Waals surface area contributed by atoms with Gasteiger partial charge in [-0.05, 0) is 40.0 Å². The summed E-state index contributed by atoms with van der Waals surface area (Å²) in [5.74, 6) is 0.165. The van der Waals surface area contributed by atoms with Crippen LogP contribution in [0.3, 0.4) is 0 Å². The number of nitrogens with one attached hydrogen (secondary N) is 1. The number of piperazine rings is 1. The van der Waals surface area contributed by atoms with E-state index in [-0.39, 0.29) is 24.5 Å². The number of rotatable bonds is 6. The van der Waals surface area contributed by atoms with Crippen molar-refractivity contribution >= 4 is 22.1 Å². The molecule has 0 bridgehead atoms. The minimum atomic E-state index is -3.43. The number of amides is 1. The number of nitrogens with two attached hydrogens (primary N) is 1. The van der Waals surface area contributed by atoms with Gasteiger partial charge in [0.2, 0.25) is 10.0 Å². The van der Waals surface area contributed by atoms with E-state index >= 15 is 0 Å². The van der Waals surface area contributed by atoms with Gasteiger partial charge in [0.15, 0.2) is 5.96 Å². The number of hydrogen-bond donors (Lipinski definition) is 2. The van der Waals surface area contributed by atoms with Crippen LogP contribution < -0.4 is 10.5 Å². The first-order valence-electron chi connectivity index (χ1n) is 10.2. The topological polar surface area (TPSA) is 127 Å². The average molecular weight is 434 g/mol. The molecule has 0 aliphatic carbocycles. The normalized spacial score (nSPS) is 21.9. The lowest BCUT2D eigenvalue weighted by atomic mass is 10.1. The molecule has 168 valence electrons. The van der Waals surface area contributed by atoms with Gasteiger partial charge in [-0.1, -0.05) is 0 Å². The Labute approximate surface area is 173 Å². The van der Waals surface area contributed by atoms with Gasteiger partial charge < -0.3 is 25.0 Å². The summed E-state index contributed by atoms with van der Waals surface area (Å²) in [6.45, 7) is 8.57. The molecule has 11 heteroatoms. The lowest BCUT2D eigenvalue weighted by molar-refractivity contribution is 0.0186. The number of guanidine groups is 1. The van der Waals surface area contributed by atoms with E-state index in [2.05, 4.69) is 9.71 Å². The maximum Gasteiger partial charge on any atom is 0.410 e. The molecule has 2 fully saturated rings. The number of carbonyl (C=O) groups is 1. The molecule has 0 aromatic heterocycles. The molecular weight excluding hydrogens is 398 g/mol. The smallest absolute Gasteiger partial charge is 0.410 e. The van der Waals surface area contributed by atoms with Crippen LogP contribution in [0.1, 0.15) is 40.0 Å². The number of ether oxygens (including phenoxy) is 2. The van der Waals surface area contributed by atoms with Crippen molar-refractivity contribution < 1.29 is 22.7 Å². The summed E-state index contributed by atoms with van der Waals surface area (Å²) in [4.78, 5) is 19.8. The van der Waals surface area contributed by atoms with E-state index in [1.165, 1.54) is 0 Å². The second-order valence-electron chi connectivity index (χ2n) is 8.35. The lowest BCUT2D eigenvalue weighted by Gasteiger charge is -2.36. The number of carbonyl (C=O) groups excluding carboxylic acids is 1. The molecule has 2 heterocycles.